The number of hydrogen-bond donors (Lipinski definition) is 1. The van der Waals surface area contributed by atoms with Crippen LogP contribution in [0.15, 0.2) is 18.2 Å². The molecule has 0 spiro atoms. The second-order valence-electron chi connectivity index (χ2n) is 5.74. The fraction of sp³-hybridized carbons (Fsp3) is 0.500. The summed E-state index contributed by atoms with van der Waals surface area (Å²) in [7, 11) is 4.20. The molecule has 1 aromatic carbocycles. The third-order valence-electron chi connectivity index (χ3n) is 3.69. The van der Waals surface area contributed by atoms with E-state index in [2.05, 4.69) is 67.5 Å². The Labute approximate surface area is 113 Å². The molecule has 0 saturated heterocycles. The molecule has 1 heterocycles. The number of fused-ring (bicyclic) bond motifs is 1. The molecule has 0 fully saturated rings. The Morgan fingerprint density at radius 3 is 2.61 bits per heavy atom. The molecule has 0 bridgehead atoms. The SMILES string of the molecule is Cc1ccc2c(c1)[nH]c(=S)n2CC(C)(C)N(C)C. The molecule has 0 atom stereocenters. The third-order valence-corrected chi connectivity index (χ3v) is 4.01. The van der Waals surface area contributed by atoms with Gasteiger partial charge in [0.05, 0.1) is 11.0 Å². The zero-order valence-corrected chi connectivity index (χ0v) is 12.6. The standard InChI is InChI=1S/C14H21N3S/c1-10-6-7-12-11(8-10)15-13(18)17(12)9-14(2,3)16(4)5/h6-8H,9H2,1-5H3,(H,15,18). The lowest BCUT2D eigenvalue weighted by atomic mass is 10.0. The van der Waals surface area contributed by atoms with Crippen molar-refractivity contribution in [1.82, 2.24) is 14.5 Å². The Hall–Kier alpha value is -1.13. The number of rotatable bonds is 3. The first-order chi connectivity index (χ1) is 8.31. The predicted molar refractivity (Wildman–Crippen MR) is 79.6 cm³/mol. The second kappa shape index (κ2) is 4.52. The quantitative estimate of drug-likeness (QED) is 0.859. The largest absolute Gasteiger partial charge is 0.331 e. The first-order valence-electron chi connectivity index (χ1n) is 6.18. The van der Waals surface area contributed by atoms with E-state index in [9.17, 15) is 0 Å². The van der Waals surface area contributed by atoms with Crippen LogP contribution in [0.3, 0.4) is 0 Å². The van der Waals surface area contributed by atoms with Gasteiger partial charge in [0.1, 0.15) is 0 Å². The highest BCUT2D eigenvalue weighted by Crippen LogP contribution is 2.20. The highest BCUT2D eigenvalue weighted by Gasteiger charge is 2.22. The Bertz CT molecular complexity index is 619. The first kappa shape index (κ1) is 13.3. The van der Waals surface area contributed by atoms with Gasteiger partial charge in [0.25, 0.3) is 0 Å². The monoisotopic (exact) mass is 263 g/mol. The lowest BCUT2D eigenvalue weighted by Crippen LogP contribution is -2.42. The summed E-state index contributed by atoms with van der Waals surface area (Å²) < 4.78 is 2.98. The number of nitrogens with zero attached hydrogens (tertiary/aromatic N) is 2. The van der Waals surface area contributed by atoms with Gasteiger partial charge in [-0.2, -0.15) is 0 Å². The Kier molecular flexibility index (Phi) is 3.34. The minimum absolute atomic E-state index is 0.0677. The lowest BCUT2D eigenvalue weighted by Gasteiger charge is -2.33. The number of nitrogens with one attached hydrogen (secondary N) is 1. The average Bonchev–Trinajstić information content (AvgIpc) is 2.54. The van der Waals surface area contributed by atoms with E-state index in [1.54, 1.807) is 0 Å². The number of hydrogen-bond acceptors (Lipinski definition) is 2. The second-order valence-corrected chi connectivity index (χ2v) is 6.13. The van der Waals surface area contributed by atoms with E-state index >= 15 is 0 Å². The van der Waals surface area contributed by atoms with Crippen molar-refractivity contribution in [3.05, 3.63) is 28.5 Å². The molecule has 1 N–H and O–H groups in total. The van der Waals surface area contributed by atoms with Gasteiger partial charge in [0.2, 0.25) is 0 Å². The van der Waals surface area contributed by atoms with Gasteiger partial charge in [-0.3, -0.25) is 0 Å². The Morgan fingerprint density at radius 2 is 2.00 bits per heavy atom. The smallest absolute Gasteiger partial charge is 0.178 e. The number of likely N-dealkylation sites (N-methyl/N-ethyl adjacent to an activating group) is 1. The summed E-state index contributed by atoms with van der Waals surface area (Å²) in [4.78, 5) is 5.51. The molecule has 0 unspecified atom stereocenters. The van der Waals surface area contributed by atoms with Crippen molar-refractivity contribution in [1.29, 1.82) is 0 Å². The maximum Gasteiger partial charge on any atom is 0.178 e. The summed E-state index contributed by atoms with van der Waals surface area (Å²) in [5.41, 5.74) is 3.62. The van der Waals surface area contributed by atoms with Gasteiger partial charge in [-0.25, -0.2) is 0 Å². The van der Waals surface area contributed by atoms with Gasteiger partial charge in [-0.05, 0) is 64.8 Å². The molecular formula is C14H21N3S. The highest BCUT2D eigenvalue weighted by atomic mass is 32.1. The van der Waals surface area contributed by atoms with E-state index in [-0.39, 0.29) is 5.54 Å². The predicted octanol–water partition coefficient (Wildman–Crippen LogP) is 3.35. The summed E-state index contributed by atoms with van der Waals surface area (Å²) in [6.45, 7) is 7.42. The van der Waals surface area contributed by atoms with Crippen LogP contribution in [0.2, 0.25) is 0 Å². The summed E-state index contributed by atoms with van der Waals surface area (Å²) in [5.74, 6) is 0. The third kappa shape index (κ3) is 2.35. The minimum Gasteiger partial charge on any atom is -0.331 e. The average molecular weight is 263 g/mol. The van der Waals surface area contributed by atoms with E-state index in [1.807, 2.05) is 0 Å². The van der Waals surface area contributed by atoms with Crippen LogP contribution >= 0.6 is 12.2 Å². The van der Waals surface area contributed by atoms with Gasteiger partial charge >= 0.3 is 0 Å². The van der Waals surface area contributed by atoms with Gasteiger partial charge in [-0.15, -0.1) is 0 Å². The van der Waals surface area contributed by atoms with Crippen LogP contribution in [0.1, 0.15) is 19.4 Å². The van der Waals surface area contributed by atoms with Crippen molar-refractivity contribution in [3.8, 4) is 0 Å². The summed E-state index contributed by atoms with van der Waals surface area (Å²) in [6, 6.07) is 6.41. The molecule has 18 heavy (non-hydrogen) atoms. The molecule has 98 valence electrons. The normalized spacial score (nSPS) is 12.6. The van der Waals surface area contributed by atoms with Crippen LogP contribution in [-0.2, 0) is 6.54 Å². The number of aryl methyl sites for hydroxylation is 1. The molecule has 2 aromatic rings. The zero-order valence-electron chi connectivity index (χ0n) is 11.7. The van der Waals surface area contributed by atoms with Gasteiger partial charge in [0, 0.05) is 12.1 Å². The maximum absolute atomic E-state index is 5.44. The van der Waals surface area contributed by atoms with E-state index < -0.39 is 0 Å². The fourth-order valence-electron chi connectivity index (χ4n) is 1.96. The molecule has 0 aliphatic heterocycles. The molecule has 1 aromatic heterocycles. The van der Waals surface area contributed by atoms with Crippen molar-refractivity contribution >= 4 is 23.3 Å². The van der Waals surface area contributed by atoms with Gasteiger partial charge in [-0.1, -0.05) is 6.07 Å². The Morgan fingerprint density at radius 1 is 1.33 bits per heavy atom. The number of aromatic amines is 1. The molecule has 0 radical (unpaired) electrons. The first-order valence-corrected chi connectivity index (χ1v) is 6.59. The number of benzene rings is 1. The van der Waals surface area contributed by atoms with Gasteiger partial charge < -0.3 is 14.5 Å². The van der Waals surface area contributed by atoms with Crippen molar-refractivity contribution in [3.63, 3.8) is 0 Å². The van der Waals surface area contributed by atoms with E-state index in [0.717, 1.165) is 16.8 Å². The van der Waals surface area contributed by atoms with Crippen molar-refractivity contribution < 1.29 is 0 Å². The maximum atomic E-state index is 5.44. The molecule has 0 amide bonds. The minimum atomic E-state index is 0.0677. The molecule has 0 aliphatic rings. The van der Waals surface area contributed by atoms with E-state index in [0.29, 0.717) is 0 Å². The van der Waals surface area contributed by atoms with E-state index in [1.165, 1.54) is 11.1 Å². The molecule has 0 aliphatic carbocycles. The van der Waals surface area contributed by atoms with Gasteiger partial charge in [0.15, 0.2) is 4.77 Å². The number of aromatic nitrogens is 2. The van der Waals surface area contributed by atoms with Crippen LogP contribution in [0.5, 0.6) is 0 Å². The van der Waals surface area contributed by atoms with Crippen LogP contribution < -0.4 is 0 Å². The topological polar surface area (TPSA) is 24.0 Å². The molecular weight excluding hydrogens is 242 g/mol. The Balaban J connectivity index is 2.52. The molecule has 2 rings (SSSR count). The van der Waals surface area contributed by atoms with Crippen LogP contribution in [0, 0.1) is 11.7 Å². The molecule has 0 saturated carbocycles. The highest BCUT2D eigenvalue weighted by molar-refractivity contribution is 7.71. The van der Waals surface area contributed by atoms with Crippen LogP contribution in [-0.4, -0.2) is 34.1 Å². The van der Waals surface area contributed by atoms with Crippen LogP contribution in [0.4, 0.5) is 0 Å². The van der Waals surface area contributed by atoms with Crippen molar-refractivity contribution in [2.24, 2.45) is 0 Å². The number of imidazole rings is 1. The zero-order chi connectivity index (χ0) is 13.5. The van der Waals surface area contributed by atoms with Crippen molar-refractivity contribution in [2.45, 2.75) is 32.9 Å². The summed E-state index contributed by atoms with van der Waals surface area (Å²) in [5, 5.41) is 0. The summed E-state index contributed by atoms with van der Waals surface area (Å²) >= 11 is 5.44. The van der Waals surface area contributed by atoms with Crippen molar-refractivity contribution in [2.75, 3.05) is 14.1 Å². The molecule has 3 nitrogen and oxygen atoms in total. The fourth-order valence-corrected chi connectivity index (χ4v) is 2.24. The lowest BCUT2D eigenvalue weighted by molar-refractivity contribution is 0.170. The number of H-pyrrole nitrogens is 1. The molecule has 4 heteroatoms. The summed E-state index contributed by atoms with van der Waals surface area (Å²) in [6.07, 6.45) is 0. The van der Waals surface area contributed by atoms with E-state index in [4.69, 9.17) is 12.2 Å². The van der Waals surface area contributed by atoms with Crippen LogP contribution in [0.25, 0.3) is 11.0 Å².